The highest BCUT2D eigenvalue weighted by molar-refractivity contribution is 5.67. The lowest BCUT2D eigenvalue weighted by atomic mass is 9.93. The number of nitrogens with one attached hydrogen (secondary N) is 1. The number of carbonyl (C=O) groups excluding carboxylic acids is 1. The van der Waals surface area contributed by atoms with Gasteiger partial charge in [0, 0.05) is 6.04 Å². The van der Waals surface area contributed by atoms with Crippen LogP contribution in [0.1, 0.15) is 31.2 Å². The van der Waals surface area contributed by atoms with Gasteiger partial charge >= 0.3 is 6.09 Å². The van der Waals surface area contributed by atoms with Crippen LogP contribution < -0.4 is 5.32 Å². The van der Waals surface area contributed by atoms with Crippen LogP contribution in [0.5, 0.6) is 0 Å². The Morgan fingerprint density at radius 2 is 2.11 bits per heavy atom. The van der Waals surface area contributed by atoms with Gasteiger partial charge in [0.1, 0.15) is 6.61 Å². The zero-order valence-corrected chi connectivity index (χ0v) is 10.3. The van der Waals surface area contributed by atoms with Crippen LogP contribution in [-0.2, 0) is 11.3 Å². The van der Waals surface area contributed by atoms with Crippen molar-refractivity contribution in [2.75, 3.05) is 0 Å². The van der Waals surface area contributed by atoms with E-state index in [9.17, 15) is 9.90 Å². The van der Waals surface area contributed by atoms with Gasteiger partial charge in [0.05, 0.1) is 6.10 Å². The standard InChI is InChI=1S/C14H19NO3/c16-13-8-4-7-12(9-13)15-14(17)18-10-11-5-2-1-3-6-11/h1-3,5-6,12-13,16H,4,7-10H2,(H,15,17)/t12-,13-/m1/s1. The minimum atomic E-state index is -0.405. The van der Waals surface area contributed by atoms with Crippen LogP contribution in [0.25, 0.3) is 0 Å². The molecule has 1 saturated carbocycles. The molecule has 2 N–H and O–H groups in total. The summed E-state index contributed by atoms with van der Waals surface area (Å²) in [4.78, 5) is 11.6. The Bertz CT molecular complexity index is 380. The number of hydrogen-bond acceptors (Lipinski definition) is 3. The third-order valence-corrected chi connectivity index (χ3v) is 3.18. The van der Waals surface area contributed by atoms with Crippen molar-refractivity contribution in [3.05, 3.63) is 35.9 Å². The van der Waals surface area contributed by atoms with Crippen molar-refractivity contribution in [2.45, 2.75) is 44.4 Å². The van der Waals surface area contributed by atoms with Crippen LogP contribution in [0.3, 0.4) is 0 Å². The van der Waals surface area contributed by atoms with Gasteiger partial charge in [-0.2, -0.15) is 0 Å². The smallest absolute Gasteiger partial charge is 0.407 e. The Balaban J connectivity index is 1.72. The van der Waals surface area contributed by atoms with Gasteiger partial charge < -0.3 is 15.2 Å². The van der Waals surface area contributed by atoms with E-state index in [0.717, 1.165) is 24.8 Å². The molecule has 1 fully saturated rings. The fourth-order valence-corrected chi connectivity index (χ4v) is 2.23. The van der Waals surface area contributed by atoms with Crippen molar-refractivity contribution < 1.29 is 14.6 Å². The Kier molecular flexibility index (Phi) is 4.59. The normalized spacial score (nSPS) is 23.4. The molecule has 0 saturated heterocycles. The van der Waals surface area contributed by atoms with Crippen LogP contribution in [-0.4, -0.2) is 23.3 Å². The van der Waals surface area contributed by atoms with Crippen LogP contribution in [0.4, 0.5) is 4.79 Å². The molecule has 0 spiro atoms. The molecule has 1 aliphatic carbocycles. The summed E-state index contributed by atoms with van der Waals surface area (Å²) in [6, 6.07) is 9.61. The van der Waals surface area contributed by atoms with Crippen LogP contribution >= 0.6 is 0 Å². The van der Waals surface area contributed by atoms with E-state index in [4.69, 9.17) is 4.74 Å². The van der Waals surface area contributed by atoms with Gasteiger partial charge in [0.2, 0.25) is 0 Å². The maximum atomic E-state index is 11.6. The van der Waals surface area contributed by atoms with Crippen molar-refractivity contribution in [1.29, 1.82) is 0 Å². The molecule has 4 heteroatoms. The summed E-state index contributed by atoms with van der Waals surface area (Å²) in [5.74, 6) is 0. The molecule has 0 bridgehead atoms. The van der Waals surface area contributed by atoms with Gasteiger partial charge in [-0.3, -0.25) is 0 Å². The first-order chi connectivity index (χ1) is 8.74. The molecular weight excluding hydrogens is 230 g/mol. The summed E-state index contributed by atoms with van der Waals surface area (Å²) in [5, 5.41) is 12.3. The molecule has 2 rings (SSSR count). The van der Waals surface area contributed by atoms with Crippen LogP contribution in [0, 0.1) is 0 Å². The van der Waals surface area contributed by atoms with Gasteiger partial charge in [-0.05, 0) is 31.2 Å². The number of benzene rings is 1. The van der Waals surface area contributed by atoms with Gasteiger partial charge in [-0.25, -0.2) is 4.79 Å². The second-order valence-electron chi connectivity index (χ2n) is 4.72. The maximum Gasteiger partial charge on any atom is 0.407 e. The highest BCUT2D eigenvalue weighted by atomic mass is 16.5. The van der Waals surface area contributed by atoms with E-state index in [2.05, 4.69) is 5.32 Å². The summed E-state index contributed by atoms with van der Waals surface area (Å²) >= 11 is 0. The Morgan fingerprint density at radius 3 is 2.83 bits per heavy atom. The van der Waals surface area contributed by atoms with E-state index < -0.39 is 6.09 Å². The highest BCUT2D eigenvalue weighted by Gasteiger charge is 2.21. The molecule has 4 nitrogen and oxygen atoms in total. The Morgan fingerprint density at radius 1 is 1.33 bits per heavy atom. The van der Waals surface area contributed by atoms with E-state index in [1.54, 1.807) is 0 Å². The van der Waals surface area contributed by atoms with Crippen molar-refractivity contribution >= 4 is 6.09 Å². The molecule has 0 aliphatic heterocycles. The van der Waals surface area contributed by atoms with E-state index in [1.807, 2.05) is 30.3 Å². The molecule has 1 amide bonds. The minimum absolute atomic E-state index is 0.0389. The molecule has 1 aromatic rings. The molecule has 0 unspecified atom stereocenters. The number of amides is 1. The predicted molar refractivity (Wildman–Crippen MR) is 68.0 cm³/mol. The molecule has 1 aliphatic rings. The number of aliphatic hydroxyl groups excluding tert-OH is 1. The SMILES string of the molecule is O=C(N[C@@H]1CCC[C@@H](O)C1)OCc1ccccc1. The van der Waals surface area contributed by atoms with E-state index in [1.165, 1.54) is 0 Å². The summed E-state index contributed by atoms with van der Waals surface area (Å²) in [7, 11) is 0. The lowest BCUT2D eigenvalue weighted by molar-refractivity contribution is 0.0997. The van der Waals surface area contributed by atoms with Crippen molar-refractivity contribution in [1.82, 2.24) is 5.32 Å². The maximum absolute atomic E-state index is 11.6. The fourth-order valence-electron chi connectivity index (χ4n) is 2.23. The summed E-state index contributed by atoms with van der Waals surface area (Å²) in [5.41, 5.74) is 0.969. The molecule has 0 radical (unpaired) electrons. The molecule has 0 aromatic heterocycles. The number of aliphatic hydroxyl groups is 1. The third kappa shape index (κ3) is 4.04. The number of carbonyl (C=O) groups is 1. The first-order valence-electron chi connectivity index (χ1n) is 6.39. The van der Waals surface area contributed by atoms with E-state index >= 15 is 0 Å². The highest BCUT2D eigenvalue weighted by Crippen LogP contribution is 2.18. The second kappa shape index (κ2) is 6.40. The molecule has 1 aromatic carbocycles. The monoisotopic (exact) mass is 249 g/mol. The zero-order chi connectivity index (χ0) is 12.8. The minimum Gasteiger partial charge on any atom is -0.445 e. The van der Waals surface area contributed by atoms with Gasteiger partial charge in [0.15, 0.2) is 0 Å². The van der Waals surface area contributed by atoms with Gasteiger partial charge in [-0.1, -0.05) is 30.3 Å². The third-order valence-electron chi connectivity index (χ3n) is 3.18. The fraction of sp³-hybridized carbons (Fsp3) is 0.500. The van der Waals surface area contributed by atoms with Crippen LogP contribution in [0.2, 0.25) is 0 Å². The number of hydrogen-bond donors (Lipinski definition) is 2. The van der Waals surface area contributed by atoms with Gasteiger partial charge in [-0.15, -0.1) is 0 Å². The lowest BCUT2D eigenvalue weighted by Gasteiger charge is -2.26. The Labute approximate surface area is 107 Å². The Hall–Kier alpha value is -1.55. The largest absolute Gasteiger partial charge is 0.445 e. The van der Waals surface area contributed by atoms with Gasteiger partial charge in [0.25, 0.3) is 0 Å². The topological polar surface area (TPSA) is 58.6 Å². The summed E-state index contributed by atoms with van der Waals surface area (Å²) < 4.78 is 5.13. The lowest BCUT2D eigenvalue weighted by Crippen LogP contribution is -2.39. The van der Waals surface area contributed by atoms with Crippen molar-refractivity contribution in [3.63, 3.8) is 0 Å². The second-order valence-corrected chi connectivity index (χ2v) is 4.72. The average molecular weight is 249 g/mol. The molecule has 18 heavy (non-hydrogen) atoms. The molecule has 98 valence electrons. The number of alkyl carbamates (subject to hydrolysis) is 1. The van der Waals surface area contributed by atoms with Crippen molar-refractivity contribution in [2.24, 2.45) is 0 Å². The predicted octanol–water partition coefficient (Wildman–Crippen LogP) is 2.22. The number of rotatable bonds is 3. The quantitative estimate of drug-likeness (QED) is 0.863. The van der Waals surface area contributed by atoms with E-state index in [0.29, 0.717) is 6.42 Å². The molecular formula is C14H19NO3. The zero-order valence-electron chi connectivity index (χ0n) is 10.3. The average Bonchev–Trinajstić information content (AvgIpc) is 2.38. The number of ether oxygens (including phenoxy) is 1. The van der Waals surface area contributed by atoms with Crippen LogP contribution in [0.15, 0.2) is 30.3 Å². The van der Waals surface area contributed by atoms with Crippen molar-refractivity contribution in [3.8, 4) is 0 Å². The molecule has 2 atom stereocenters. The molecule has 0 heterocycles. The summed E-state index contributed by atoms with van der Waals surface area (Å²) in [6.45, 7) is 0.280. The summed E-state index contributed by atoms with van der Waals surface area (Å²) in [6.07, 6.45) is 2.62. The van der Waals surface area contributed by atoms with E-state index in [-0.39, 0.29) is 18.8 Å². The first kappa shape index (κ1) is 12.9. The first-order valence-corrected chi connectivity index (χ1v) is 6.39.